The molecule has 5 heteroatoms. The molecule has 0 amide bonds. The molecule has 1 aliphatic heterocycles. The first-order chi connectivity index (χ1) is 9.06. The van der Waals surface area contributed by atoms with Gasteiger partial charge in [-0.3, -0.25) is 5.41 Å². The zero-order valence-electron chi connectivity index (χ0n) is 9.75. The van der Waals surface area contributed by atoms with Crippen LogP contribution < -0.4 is 4.90 Å². The Balaban J connectivity index is 2.04. The second kappa shape index (κ2) is 4.51. The van der Waals surface area contributed by atoms with Gasteiger partial charge in [0.05, 0.1) is 17.3 Å². The molecule has 19 heavy (non-hydrogen) atoms. The molecule has 0 aliphatic carbocycles. The van der Waals surface area contributed by atoms with Gasteiger partial charge in [0.15, 0.2) is 0 Å². The van der Waals surface area contributed by atoms with Gasteiger partial charge in [0.25, 0.3) is 0 Å². The van der Waals surface area contributed by atoms with Crippen LogP contribution in [0.5, 0.6) is 0 Å². The van der Waals surface area contributed by atoms with E-state index in [1.54, 1.807) is 29.2 Å². The van der Waals surface area contributed by atoms with Crippen molar-refractivity contribution < 1.29 is 4.39 Å². The highest BCUT2D eigenvalue weighted by atomic mass is 35.5. The topological polar surface area (TPSA) is 27.1 Å². The number of nitrogens with zero attached hydrogens (tertiary/aromatic N) is 1. The highest BCUT2D eigenvalue weighted by molar-refractivity contribution is 6.37. The molecule has 0 saturated carbocycles. The van der Waals surface area contributed by atoms with Gasteiger partial charge in [-0.1, -0.05) is 29.3 Å². The summed E-state index contributed by atoms with van der Waals surface area (Å²) >= 11 is 12.0. The number of benzene rings is 2. The lowest BCUT2D eigenvalue weighted by Crippen LogP contribution is -2.23. The van der Waals surface area contributed by atoms with E-state index < -0.39 is 0 Å². The number of hydrogen-bond acceptors (Lipinski definition) is 1. The van der Waals surface area contributed by atoms with Crippen molar-refractivity contribution in [3.8, 4) is 0 Å². The molecule has 0 atom stereocenters. The van der Waals surface area contributed by atoms with Crippen LogP contribution in [0.2, 0.25) is 10.0 Å². The average molecular weight is 295 g/mol. The summed E-state index contributed by atoms with van der Waals surface area (Å²) in [6, 6.07) is 9.60. The van der Waals surface area contributed by atoms with E-state index in [2.05, 4.69) is 0 Å². The lowest BCUT2D eigenvalue weighted by atomic mass is 10.1. The van der Waals surface area contributed by atoms with E-state index in [4.69, 9.17) is 28.6 Å². The van der Waals surface area contributed by atoms with E-state index in [0.717, 1.165) is 5.56 Å². The fraction of sp³-hybridized carbons (Fsp3) is 0.0714. The van der Waals surface area contributed by atoms with Crippen molar-refractivity contribution in [1.29, 1.82) is 5.41 Å². The predicted molar refractivity (Wildman–Crippen MR) is 75.9 cm³/mol. The molecule has 1 heterocycles. The molecule has 0 radical (unpaired) electrons. The minimum Gasteiger partial charge on any atom is -0.320 e. The summed E-state index contributed by atoms with van der Waals surface area (Å²) < 4.78 is 13.2. The first-order valence-corrected chi connectivity index (χ1v) is 6.42. The van der Waals surface area contributed by atoms with Gasteiger partial charge in [-0.15, -0.1) is 0 Å². The molecular weight excluding hydrogens is 286 g/mol. The molecular formula is C14H9Cl2FN2. The summed E-state index contributed by atoms with van der Waals surface area (Å²) in [5, 5.41) is 9.16. The highest BCUT2D eigenvalue weighted by Crippen LogP contribution is 2.34. The molecule has 0 spiro atoms. The van der Waals surface area contributed by atoms with E-state index >= 15 is 0 Å². The summed E-state index contributed by atoms with van der Waals surface area (Å²) in [6.07, 6.45) is 0. The average Bonchev–Trinajstić information content (AvgIpc) is 2.67. The third-order valence-electron chi connectivity index (χ3n) is 3.13. The van der Waals surface area contributed by atoms with Crippen LogP contribution in [0.3, 0.4) is 0 Å². The van der Waals surface area contributed by atoms with E-state index in [0.29, 0.717) is 27.8 Å². The van der Waals surface area contributed by atoms with E-state index in [9.17, 15) is 4.39 Å². The number of anilines is 1. The Bertz CT molecular complexity index is 685. The normalized spacial score (nSPS) is 13.8. The molecule has 3 rings (SSSR count). The van der Waals surface area contributed by atoms with E-state index in [1.165, 1.54) is 12.1 Å². The standard InChI is InChI=1S/C14H9Cl2FN2/c15-9-2-4-13(12(16)5-9)19-7-8-1-3-10(17)6-11(8)14(19)18/h1-6,18H,7H2. The fourth-order valence-electron chi connectivity index (χ4n) is 2.21. The van der Waals surface area contributed by atoms with Gasteiger partial charge in [0, 0.05) is 10.6 Å². The molecule has 0 saturated heterocycles. The van der Waals surface area contributed by atoms with Crippen molar-refractivity contribution in [3.05, 3.63) is 63.4 Å². The van der Waals surface area contributed by atoms with Gasteiger partial charge < -0.3 is 4.90 Å². The predicted octanol–water partition coefficient (Wildman–Crippen LogP) is 4.48. The number of rotatable bonds is 1. The van der Waals surface area contributed by atoms with Crippen LogP contribution in [0.25, 0.3) is 0 Å². The first kappa shape index (κ1) is 12.5. The highest BCUT2D eigenvalue weighted by Gasteiger charge is 2.27. The monoisotopic (exact) mass is 294 g/mol. The number of amidine groups is 1. The minimum absolute atomic E-state index is 0.249. The second-order valence-corrected chi connectivity index (χ2v) is 5.18. The van der Waals surface area contributed by atoms with Crippen molar-refractivity contribution in [2.45, 2.75) is 6.54 Å². The van der Waals surface area contributed by atoms with Crippen molar-refractivity contribution in [2.24, 2.45) is 0 Å². The number of fused-ring (bicyclic) bond motifs is 1. The van der Waals surface area contributed by atoms with E-state index in [-0.39, 0.29) is 11.7 Å². The maximum atomic E-state index is 13.2. The van der Waals surface area contributed by atoms with Crippen molar-refractivity contribution in [3.63, 3.8) is 0 Å². The Labute approximate surface area is 119 Å². The maximum Gasteiger partial charge on any atom is 0.133 e. The first-order valence-electron chi connectivity index (χ1n) is 5.66. The minimum atomic E-state index is -0.340. The van der Waals surface area contributed by atoms with Crippen LogP contribution in [0.4, 0.5) is 10.1 Å². The Morgan fingerprint density at radius 3 is 2.63 bits per heavy atom. The van der Waals surface area contributed by atoms with Crippen LogP contribution in [-0.4, -0.2) is 5.84 Å². The van der Waals surface area contributed by atoms with Crippen LogP contribution in [-0.2, 0) is 6.54 Å². The molecule has 2 aromatic carbocycles. The summed E-state index contributed by atoms with van der Waals surface area (Å²) in [7, 11) is 0. The molecule has 1 N–H and O–H groups in total. The summed E-state index contributed by atoms with van der Waals surface area (Å²) in [6.45, 7) is 0.510. The van der Waals surface area contributed by atoms with Crippen LogP contribution in [0, 0.1) is 11.2 Å². The fourth-order valence-corrected chi connectivity index (χ4v) is 2.72. The lowest BCUT2D eigenvalue weighted by molar-refractivity contribution is 0.627. The Morgan fingerprint density at radius 1 is 1.11 bits per heavy atom. The van der Waals surface area contributed by atoms with Crippen LogP contribution >= 0.6 is 23.2 Å². The zero-order chi connectivity index (χ0) is 13.6. The van der Waals surface area contributed by atoms with Crippen LogP contribution in [0.15, 0.2) is 36.4 Å². The van der Waals surface area contributed by atoms with Crippen molar-refractivity contribution in [2.75, 3.05) is 4.90 Å². The number of nitrogens with one attached hydrogen (secondary N) is 1. The van der Waals surface area contributed by atoms with Crippen molar-refractivity contribution >= 4 is 34.7 Å². The molecule has 2 nitrogen and oxygen atoms in total. The molecule has 1 aliphatic rings. The lowest BCUT2D eigenvalue weighted by Gasteiger charge is -2.19. The maximum absolute atomic E-state index is 13.2. The third-order valence-corrected chi connectivity index (χ3v) is 3.66. The smallest absolute Gasteiger partial charge is 0.133 e. The number of halogens is 3. The van der Waals surface area contributed by atoms with Gasteiger partial charge in [-0.2, -0.15) is 0 Å². The quantitative estimate of drug-likeness (QED) is 0.825. The molecule has 0 bridgehead atoms. The Hall–Kier alpha value is -1.58. The SMILES string of the molecule is N=C1c2cc(F)ccc2CN1c1ccc(Cl)cc1Cl. The molecule has 0 aromatic heterocycles. The van der Waals surface area contributed by atoms with E-state index in [1.807, 2.05) is 0 Å². The van der Waals surface area contributed by atoms with Gasteiger partial charge in [-0.25, -0.2) is 4.39 Å². The molecule has 0 fully saturated rings. The van der Waals surface area contributed by atoms with Gasteiger partial charge >= 0.3 is 0 Å². The summed E-state index contributed by atoms with van der Waals surface area (Å²) in [4.78, 5) is 1.74. The molecule has 96 valence electrons. The van der Waals surface area contributed by atoms with Gasteiger partial charge in [0.2, 0.25) is 0 Å². The third kappa shape index (κ3) is 2.09. The summed E-state index contributed by atoms with van der Waals surface area (Å²) in [5.41, 5.74) is 2.22. The zero-order valence-corrected chi connectivity index (χ0v) is 11.3. The summed E-state index contributed by atoms with van der Waals surface area (Å²) in [5.74, 6) is -0.0914. The van der Waals surface area contributed by atoms with Crippen LogP contribution in [0.1, 0.15) is 11.1 Å². The molecule has 2 aromatic rings. The van der Waals surface area contributed by atoms with Gasteiger partial charge in [-0.05, 0) is 35.9 Å². The second-order valence-electron chi connectivity index (χ2n) is 4.33. The Kier molecular flexibility index (Phi) is 2.96. The Morgan fingerprint density at radius 2 is 1.89 bits per heavy atom. The van der Waals surface area contributed by atoms with Gasteiger partial charge in [0.1, 0.15) is 11.7 Å². The number of hydrogen-bond donors (Lipinski definition) is 1. The van der Waals surface area contributed by atoms with Crippen molar-refractivity contribution in [1.82, 2.24) is 0 Å². The largest absolute Gasteiger partial charge is 0.320 e. The molecule has 0 unspecified atom stereocenters.